The summed E-state index contributed by atoms with van der Waals surface area (Å²) in [5.41, 5.74) is 1.90. The molecule has 0 saturated heterocycles. The number of amides is 1. The van der Waals surface area contributed by atoms with E-state index in [9.17, 15) is 9.59 Å². The molecule has 0 aliphatic carbocycles. The molecule has 0 spiro atoms. The molecule has 0 radical (unpaired) electrons. The quantitative estimate of drug-likeness (QED) is 0.923. The molecule has 1 amide bonds. The number of aryl methyl sites for hydroxylation is 1. The summed E-state index contributed by atoms with van der Waals surface area (Å²) in [6.45, 7) is 2.69. The van der Waals surface area contributed by atoms with E-state index in [1.165, 1.54) is 12.4 Å². The Morgan fingerprint density at radius 1 is 1.45 bits per heavy atom. The van der Waals surface area contributed by atoms with Crippen molar-refractivity contribution in [2.75, 3.05) is 6.54 Å². The fourth-order valence-corrected chi connectivity index (χ4v) is 2.56. The molecule has 7 heteroatoms. The Labute approximate surface area is 126 Å². The molecule has 1 N–H and O–H groups in total. The molecule has 0 fully saturated rings. The first-order valence-electron chi connectivity index (χ1n) is 7.03. The maximum Gasteiger partial charge on any atom is 0.339 e. The van der Waals surface area contributed by atoms with Crippen LogP contribution in [-0.2, 0) is 19.4 Å². The van der Waals surface area contributed by atoms with Gasteiger partial charge >= 0.3 is 5.97 Å². The number of nitrogens with zero attached hydrogens (tertiary/aromatic N) is 3. The topological polar surface area (TPSA) is 96.5 Å². The van der Waals surface area contributed by atoms with E-state index in [1.54, 1.807) is 18.0 Å². The van der Waals surface area contributed by atoms with E-state index in [2.05, 4.69) is 9.97 Å². The first-order valence-corrected chi connectivity index (χ1v) is 7.03. The molecule has 7 nitrogen and oxygen atoms in total. The summed E-state index contributed by atoms with van der Waals surface area (Å²) in [5.74, 6) is -1.02. The van der Waals surface area contributed by atoms with Gasteiger partial charge in [0.15, 0.2) is 5.76 Å². The molecular weight excluding hydrogens is 286 g/mol. The number of carbonyl (C=O) groups is 2. The molecule has 0 unspecified atom stereocenters. The molecule has 1 aliphatic heterocycles. The van der Waals surface area contributed by atoms with Gasteiger partial charge in [-0.05, 0) is 12.0 Å². The van der Waals surface area contributed by atoms with E-state index in [4.69, 9.17) is 9.52 Å². The number of hydrogen-bond donors (Lipinski definition) is 1. The van der Waals surface area contributed by atoms with E-state index in [-0.39, 0.29) is 17.2 Å². The van der Waals surface area contributed by atoms with Crippen LogP contribution in [0.5, 0.6) is 0 Å². The number of fused-ring (bicyclic) bond motifs is 1. The first kappa shape index (κ1) is 14.2. The summed E-state index contributed by atoms with van der Waals surface area (Å²) < 4.78 is 5.42. The van der Waals surface area contributed by atoms with Gasteiger partial charge in [0, 0.05) is 25.2 Å². The minimum atomic E-state index is -1.09. The van der Waals surface area contributed by atoms with E-state index in [0.717, 1.165) is 11.3 Å². The van der Waals surface area contributed by atoms with Crippen LogP contribution in [0.3, 0.4) is 0 Å². The van der Waals surface area contributed by atoms with Gasteiger partial charge in [-0.15, -0.1) is 0 Å². The maximum absolute atomic E-state index is 12.5. The Morgan fingerprint density at radius 2 is 2.27 bits per heavy atom. The van der Waals surface area contributed by atoms with Crippen molar-refractivity contribution in [1.29, 1.82) is 0 Å². The third-order valence-electron chi connectivity index (χ3n) is 3.73. The lowest BCUT2D eigenvalue weighted by Crippen LogP contribution is -2.36. The van der Waals surface area contributed by atoms with E-state index < -0.39 is 5.97 Å². The van der Waals surface area contributed by atoms with Gasteiger partial charge in [0.2, 0.25) is 0 Å². The maximum atomic E-state index is 12.5. The lowest BCUT2D eigenvalue weighted by molar-refractivity contribution is 0.0685. The molecule has 2 aromatic heterocycles. The fraction of sp³-hybridized carbons (Fsp3) is 0.333. The number of carboxylic acids is 1. The number of aromatic nitrogens is 2. The highest BCUT2D eigenvalue weighted by Gasteiger charge is 2.27. The Hall–Kier alpha value is -2.70. The summed E-state index contributed by atoms with van der Waals surface area (Å²) in [6.07, 6.45) is 4.31. The minimum Gasteiger partial charge on any atom is -0.478 e. The van der Waals surface area contributed by atoms with Crippen molar-refractivity contribution in [2.24, 2.45) is 0 Å². The van der Waals surface area contributed by atoms with Crippen molar-refractivity contribution in [3.05, 3.63) is 46.9 Å². The van der Waals surface area contributed by atoms with Gasteiger partial charge in [-0.3, -0.25) is 4.79 Å². The zero-order valence-electron chi connectivity index (χ0n) is 12.1. The number of hydrogen-bond acceptors (Lipinski definition) is 5. The van der Waals surface area contributed by atoms with Gasteiger partial charge in [0.1, 0.15) is 17.7 Å². The second kappa shape index (κ2) is 5.59. The average molecular weight is 301 g/mol. The highest BCUT2D eigenvalue weighted by Crippen LogP contribution is 2.21. The summed E-state index contributed by atoms with van der Waals surface area (Å²) in [6, 6.07) is 1.30. The Balaban J connectivity index is 1.85. The molecule has 22 heavy (non-hydrogen) atoms. The predicted octanol–water partition coefficient (Wildman–Crippen LogP) is 1.53. The van der Waals surface area contributed by atoms with Crippen LogP contribution in [0.25, 0.3) is 0 Å². The van der Waals surface area contributed by atoms with Crippen molar-refractivity contribution in [2.45, 2.75) is 26.3 Å². The smallest absolute Gasteiger partial charge is 0.339 e. The van der Waals surface area contributed by atoms with Gasteiger partial charge < -0.3 is 14.4 Å². The number of rotatable bonds is 3. The Kier molecular flexibility index (Phi) is 3.62. The predicted molar refractivity (Wildman–Crippen MR) is 75.5 cm³/mol. The zero-order chi connectivity index (χ0) is 15.7. The first-order chi connectivity index (χ1) is 10.6. The van der Waals surface area contributed by atoms with Gasteiger partial charge in [0.05, 0.1) is 12.2 Å². The van der Waals surface area contributed by atoms with Gasteiger partial charge in [0.25, 0.3) is 5.91 Å². The summed E-state index contributed by atoms with van der Waals surface area (Å²) in [4.78, 5) is 33.4. The van der Waals surface area contributed by atoms with Crippen molar-refractivity contribution < 1.29 is 19.1 Å². The minimum absolute atomic E-state index is 0.0468. The van der Waals surface area contributed by atoms with Crippen LogP contribution in [0.4, 0.5) is 0 Å². The van der Waals surface area contributed by atoms with Crippen molar-refractivity contribution in [3.8, 4) is 0 Å². The van der Waals surface area contributed by atoms with Crippen LogP contribution in [0.15, 0.2) is 23.0 Å². The fourth-order valence-electron chi connectivity index (χ4n) is 2.56. The largest absolute Gasteiger partial charge is 0.478 e. The molecule has 0 atom stereocenters. The molecule has 1 aliphatic rings. The number of aromatic carboxylic acids is 1. The van der Waals surface area contributed by atoms with Crippen molar-refractivity contribution >= 4 is 11.9 Å². The standard InChI is InChI=1S/C15H15N3O4/c1-2-12-10(15(20)21)5-13(22-12)14(19)18-4-3-9-6-16-8-17-11(9)7-18/h5-6,8H,2-4,7H2,1H3,(H,20,21). The number of carboxylic acid groups (broad SMARTS) is 1. The van der Waals surface area contributed by atoms with Crippen molar-refractivity contribution in [3.63, 3.8) is 0 Å². The molecule has 2 aromatic rings. The van der Waals surface area contributed by atoms with Crippen LogP contribution >= 0.6 is 0 Å². The Morgan fingerprint density at radius 3 is 2.95 bits per heavy atom. The molecule has 3 heterocycles. The summed E-state index contributed by atoms with van der Waals surface area (Å²) in [5, 5.41) is 9.13. The van der Waals surface area contributed by atoms with Crippen LogP contribution < -0.4 is 0 Å². The third kappa shape index (κ3) is 2.45. The number of furan rings is 1. The molecule has 0 bridgehead atoms. The molecule has 3 rings (SSSR count). The zero-order valence-corrected chi connectivity index (χ0v) is 12.1. The second-order valence-corrected chi connectivity index (χ2v) is 5.08. The van der Waals surface area contributed by atoms with Crippen LogP contribution in [0, 0.1) is 0 Å². The normalized spacial score (nSPS) is 13.8. The lowest BCUT2D eigenvalue weighted by Gasteiger charge is -2.26. The van der Waals surface area contributed by atoms with E-state index in [1.807, 2.05) is 0 Å². The molecule has 0 aromatic carbocycles. The lowest BCUT2D eigenvalue weighted by atomic mass is 10.1. The number of carbonyl (C=O) groups excluding carboxylic acids is 1. The summed E-state index contributed by atoms with van der Waals surface area (Å²) in [7, 11) is 0. The van der Waals surface area contributed by atoms with Gasteiger partial charge in [-0.1, -0.05) is 6.92 Å². The van der Waals surface area contributed by atoms with Crippen LogP contribution in [-0.4, -0.2) is 38.4 Å². The van der Waals surface area contributed by atoms with Crippen LogP contribution in [0.2, 0.25) is 0 Å². The summed E-state index contributed by atoms with van der Waals surface area (Å²) >= 11 is 0. The molecule has 0 saturated carbocycles. The van der Waals surface area contributed by atoms with Crippen LogP contribution in [0.1, 0.15) is 44.9 Å². The molecular formula is C15H15N3O4. The van der Waals surface area contributed by atoms with Crippen molar-refractivity contribution in [1.82, 2.24) is 14.9 Å². The van der Waals surface area contributed by atoms with E-state index in [0.29, 0.717) is 31.7 Å². The van der Waals surface area contributed by atoms with Gasteiger partial charge in [-0.2, -0.15) is 0 Å². The highest BCUT2D eigenvalue weighted by atomic mass is 16.4. The van der Waals surface area contributed by atoms with Gasteiger partial charge in [-0.25, -0.2) is 14.8 Å². The highest BCUT2D eigenvalue weighted by molar-refractivity contribution is 5.96. The second-order valence-electron chi connectivity index (χ2n) is 5.08. The average Bonchev–Trinajstić information content (AvgIpc) is 2.98. The SMILES string of the molecule is CCc1oc(C(=O)N2CCc3cncnc3C2)cc1C(=O)O. The monoisotopic (exact) mass is 301 g/mol. The Bertz CT molecular complexity index is 738. The van der Waals surface area contributed by atoms with E-state index >= 15 is 0 Å². The molecule has 114 valence electrons. The third-order valence-corrected chi connectivity index (χ3v) is 3.73.